The molecule has 4 aromatic heterocycles. The molecule has 0 amide bonds. The van der Waals surface area contributed by atoms with Gasteiger partial charge in [-0.3, -0.25) is 4.98 Å². The Kier molecular flexibility index (Phi) is 5.85. The van der Waals surface area contributed by atoms with Gasteiger partial charge < -0.3 is 15.2 Å². The molecule has 0 aliphatic carbocycles. The first-order chi connectivity index (χ1) is 15.0. The van der Waals surface area contributed by atoms with E-state index in [0.29, 0.717) is 28.1 Å². The number of anilines is 2. The molecule has 0 aliphatic heterocycles. The van der Waals surface area contributed by atoms with Crippen molar-refractivity contribution in [2.45, 2.75) is 20.3 Å². The molecule has 156 valence electrons. The monoisotopic (exact) mass is 433 g/mol. The molecule has 0 saturated heterocycles. The van der Waals surface area contributed by atoms with Crippen LogP contribution in [0.25, 0.3) is 11.4 Å². The van der Waals surface area contributed by atoms with Crippen molar-refractivity contribution in [3.63, 3.8) is 0 Å². The molecule has 0 atom stereocenters. The summed E-state index contributed by atoms with van der Waals surface area (Å²) >= 11 is 1.48. The molecule has 8 nitrogen and oxygen atoms in total. The number of aryl methyl sites for hydroxylation is 2. The maximum absolute atomic E-state index is 11.1. The Morgan fingerprint density at radius 1 is 1.10 bits per heavy atom. The number of thiazole rings is 1. The second kappa shape index (κ2) is 8.88. The van der Waals surface area contributed by atoms with Gasteiger partial charge >= 0.3 is 5.97 Å². The van der Waals surface area contributed by atoms with E-state index in [4.69, 9.17) is 9.84 Å². The van der Waals surface area contributed by atoms with Crippen LogP contribution in [0.3, 0.4) is 0 Å². The number of ether oxygens (including phenoxy) is 1. The Morgan fingerprint density at radius 2 is 1.94 bits per heavy atom. The van der Waals surface area contributed by atoms with Crippen molar-refractivity contribution < 1.29 is 14.6 Å². The number of nitrogens with one attached hydrogen (secondary N) is 1. The van der Waals surface area contributed by atoms with E-state index in [9.17, 15) is 4.79 Å². The summed E-state index contributed by atoms with van der Waals surface area (Å²) in [4.78, 5) is 28.7. The Labute approximate surface area is 182 Å². The fourth-order valence-electron chi connectivity index (χ4n) is 2.81. The average molecular weight is 433 g/mol. The Balaban J connectivity index is 1.60. The minimum Gasteiger partial charge on any atom is -0.477 e. The summed E-state index contributed by atoms with van der Waals surface area (Å²) in [5.74, 6) is 0.318. The van der Waals surface area contributed by atoms with Gasteiger partial charge in [0.15, 0.2) is 5.69 Å². The molecule has 0 aromatic carbocycles. The third-order valence-electron chi connectivity index (χ3n) is 4.24. The summed E-state index contributed by atoms with van der Waals surface area (Å²) < 4.78 is 6.15. The lowest BCUT2D eigenvalue weighted by Gasteiger charge is -2.09. The number of carboxylic acid groups (broad SMARTS) is 1. The van der Waals surface area contributed by atoms with Gasteiger partial charge in [0.1, 0.15) is 23.1 Å². The molecule has 4 rings (SSSR count). The minimum absolute atomic E-state index is 0.0514. The van der Waals surface area contributed by atoms with Crippen LogP contribution in [0.5, 0.6) is 10.8 Å². The summed E-state index contributed by atoms with van der Waals surface area (Å²) in [5.41, 5.74) is 2.31. The van der Waals surface area contributed by atoms with E-state index in [1.807, 2.05) is 32.0 Å². The highest BCUT2D eigenvalue weighted by atomic mass is 32.1. The third kappa shape index (κ3) is 4.84. The lowest BCUT2D eigenvalue weighted by molar-refractivity contribution is 0.0690. The van der Waals surface area contributed by atoms with Crippen LogP contribution in [0.4, 0.5) is 11.6 Å². The van der Waals surface area contributed by atoms with Gasteiger partial charge in [-0.2, -0.15) is 0 Å². The van der Waals surface area contributed by atoms with Crippen molar-refractivity contribution in [3.05, 3.63) is 71.1 Å². The molecule has 0 bridgehead atoms. The smallest absolute Gasteiger partial charge is 0.354 e. The topological polar surface area (TPSA) is 110 Å². The average Bonchev–Trinajstić information content (AvgIpc) is 3.17. The number of nitrogens with zero attached hydrogens (tertiary/aromatic N) is 4. The van der Waals surface area contributed by atoms with Crippen LogP contribution in [0.1, 0.15) is 28.1 Å². The number of carboxylic acids is 1. The number of carbonyl (C=O) groups is 1. The third-order valence-corrected chi connectivity index (χ3v) is 5.32. The molecule has 0 unspecified atom stereocenters. The molecule has 2 N–H and O–H groups in total. The number of hydrogen-bond acceptors (Lipinski definition) is 8. The van der Waals surface area contributed by atoms with Gasteiger partial charge in [0.2, 0.25) is 5.06 Å². The second-order valence-electron chi connectivity index (χ2n) is 6.58. The summed E-state index contributed by atoms with van der Waals surface area (Å²) in [5, 5.41) is 13.7. The van der Waals surface area contributed by atoms with Gasteiger partial charge in [-0.15, -0.1) is 0 Å². The maximum Gasteiger partial charge on any atom is 0.354 e. The van der Waals surface area contributed by atoms with Crippen molar-refractivity contribution in [2.24, 2.45) is 0 Å². The number of aromatic nitrogens is 4. The van der Waals surface area contributed by atoms with E-state index in [-0.39, 0.29) is 5.69 Å². The van der Waals surface area contributed by atoms with Crippen molar-refractivity contribution >= 4 is 28.9 Å². The fraction of sp³-hybridized carbons (Fsp3) is 0.136. The normalized spacial score (nSPS) is 10.6. The minimum atomic E-state index is -1.09. The van der Waals surface area contributed by atoms with Gasteiger partial charge in [-0.05, 0) is 43.7 Å². The number of pyridine rings is 3. The molecule has 4 aromatic rings. The summed E-state index contributed by atoms with van der Waals surface area (Å²) in [6.45, 7) is 3.98. The Morgan fingerprint density at radius 3 is 2.71 bits per heavy atom. The number of aromatic carboxylic acids is 1. The van der Waals surface area contributed by atoms with E-state index < -0.39 is 5.97 Å². The zero-order chi connectivity index (χ0) is 21.8. The van der Waals surface area contributed by atoms with E-state index in [1.54, 1.807) is 30.5 Å². The number of hydrogen-bond donors (Lipinski definition) is 2. The van der Waals surface area contributed by atoms with Crippen molar-refractivity contribution in [1.82, 2.24) is 19.9 Å². The molecule has 0 aliphatic rings. The highest BCUT2D eigenvalue weighted by Crippen LogP contribution is 2.38. The lowest BCUT2D eigenvalue weighted by Crippen LogP contribution is -2.03. The molecule has 9 heteroatoms. The standard InChI is InChI=1S/C22H19N5O3S/c1-3-19-27-20(15-7-4-6-13(2)24-15)22(31-19)30-14-10-11-23-18(12-14)26-17-9-5-8-16(25-17)21(28)29/h4-12H,3H2,1-2H3,(H,28,29)(H,23,25,26). The van der Waals surface area contributed by atoms with Crippen LogP contribution in [-0.2, 0) is 6.42 Å². The van der Waals surface area contributed by atoms with Gasteiger partial charge in [0, 0.05) is 18.0 Å². The Bertz CT molecular complexity index is 1240. The summed E-state index contributed by atoms with van der Waals surface area (Å²) in [6.07, 6.45) is 2.40. The van der Waals surface area contributed by atoms with Crippen LogP contribution in [0.2, 0.25) is 0 Å². The van der Waals surface area contributed by atoms with Crippen LogP contribution < -0.4 is 10.1 Å². The first-order valence-electron chi connectivity index (χ1n) is 9.57. The van der Waals surface area contributed by atoms with E-state index in [1.165, 1.54) is 17.4 Å². The zero-order valence-corrected chi connectivity index (χ0v) is 17.7. The van der Waals surface area contributed by atoms with Crippen LogP contribution in [-0.4, -0.2) is 31.0 Å². The van der Waals surface area contributed by atoms with Crippen molar-refractivity contribution in [1.29, 1.82) is 0 Å². The van der Waals surface area contributed by atoms with Gasteiger partial charge in [-0.25, -0.2) is 19.7 Å². The molecule has 4 heterocycles. The largest absolute Gasteiger partial charge is 0.477 e. The van der Waals surface area contributed by atoms with Gasteiger partial charge in [-0.1, -0.05) is 30.4 Å². The van der Waals surface area contributed by atoms with E-state index in [2.05, 4.69) is 25.3 Å². The molecule has 0 fully saturated rings. The van der Waals surface area contributed by atoms with Crippen molar-refractivity contribution in [2.75, 3.05) is 5.32 Å². The lowest BCUT2D eigenvalue weighted by atomic mass is 10.2. The molecule has 0 saturated carbocycles. The fourth-order valence-corrected chi connectivity index (χ4v) is 3.69. The van der Waals surface area contributed by atoms with E-state index >= 15 is 0 Å². The zero-order valence-electron chi connectivity index (χ0n) is 16.9. The van der Waals surface area contributed by atoms with Crippen LogP contribution in [0.15, 0.2) is 54.7 Å². The van der Waals surface area contributed by atoms with Crippen molar-refractivity contribution in [3.8, 4) is 22.2 Å². The van der Waals surface area contributed by atoms with Crippen LogP contribution in [0, 0.1) is 6.92 Å². The van der Waals surface area contributed by atoms with Crippen LogP contribution >= 0.6 is 11.3 Å². The van der Waals surface area contributed by atoms with Gasteiger partial charge in [0.05, 0.1) is 10.7 Å². The highest BCUT2D eigenvalue weighted by Gasteiger charge is 2.16. The number of rotatable bonds is 7. The molecule has 0 radical (unpaired) electrons. The predicted octanol–water partition coefficient (Wildman–Crippen LogP) is 5.10. The first kappa shape index (κ1) is 20.4. The predicted molar refractivity (Wildman–Crippen MR) is 118 cm³/mol. The second-order valence-corrected chi connectivity index (χ2v) is 7.62. The quantitative estimate of drug-likeness (QED) is 0.414. The Hall–Kier alpha value is -3.85. The van der Waals surface area contributed by atoms with Gasteiger partial charge in [0.25, 0.3) is 0 Å². The first-order valence-corrected chi connectivity index (χ1v) is 10.4. The molecule has 31 heavy (non-hydrogen) atoms. The molecular weight excluding hydrogens is 414 g/mol. The van der Waals surface area contributed by atoms with E-state index in [0.717, 1.165) is 22.8 Å². The molecular formula is C22H19N5O3S. The summed E-state index contributed by atoms with van der Waals surface area (Å²) in [6, 6.07) is 14.0. The maximum atomic E-state index is 11.1. The summed E-state index contributed by atoms with van der Waals surface area (Å²) in [7, 11) is 0. The SMILES string of the molecule is CCc1nc(-c2cccc(C)n2)c(Oc2ccnc(Nc3cccc(C(=O)O)n3)c2)s1. The molecule has 0 spiro atoms. The highest BCUT2D eigenvalue weighted by molar-refractivity contribution is 7.14.